The normalized spacial score (nSPS) is 16.4. The van der Waals surface area contributed by atoms with Crippen LogP contribution in [0.15, 0.2) is 33.7 Å². The van der Waals surface area contributed by atoms with Gasteiger partial charge in [-0.3, -0.25) is 0 Å². The zero-order chi connectivity index (χ0) is 17.9. The first-order valence-electron chi connectivity index (χ1n) is 7.82. The van der Waals surface area contributed by atoms with Gasteiger partial charge in [0.2, 0.25) is 15.9 Å². The van der Waals surface area contributed by atoms with Gasteiger partial charge in [-0.2, -0.15) is 4.98 Å². The molecule has 1 heterocycles. The Labute approximate surface area is 150 Å². The van der Waals surface area contributed by atoms with Gasteiger partial charge in [-0.05, 0) is 43.5 Å². The molecule has 8 nitrogen and oxygen atoms in total. The summed E-state index contributed by atoms with van der Waals surface area (Å²) < 4.78 is 33.1. The zero-order valence-electron chi connectivity index (χ0n) is 13.6. The van der Waals surface area contributed by atoms with Gasteiger partial charge in [0.15, 0.2) is 5.82 Å². The van der Waals surface area contributed by atoms with Crippen LogP contribution in [-0.4, -0.2) is 30.9 Å². The maximum Gasteiger partial charge on any atom is 0.238 e. The second-order valence-electron chi connectivity index (χ2n) is 5.94. The maximum absolute atomic E-state index is 11.2. The van der Waals surface area contributed by atoms with Crippen molar-refractivity contribution < 1.29 is 17.7 Å². The molecule has 0 atom stereocenters. The Morgan fingerprint density at radius 3 is 2.60 bits per heavy atom. The summed E-state index contributed by atoms with van der Waals surface area (Å²) in [6.07, 6.45) is 2.90. The number of hydrogen-bond donors (Lipinski definition) is 2. The molecule has 0 saturated heterocycles. The number of thioether (sulfide) groups is 1. The molecule has 1 aromatic heterocycles. The average Bonchev–Trinajstić information content (AvgIpc) is 3.01. The lowest BCUT2D eigenvalue weighted by Crippen LogP contribution is -2.44. The number of benzene rings is 1. The summed E-state index contributed by atoms with van der Waals surface area (Å²) in [7, 11) is -3.68. The Balaban J connectivity index is 1.39. The van der Waals surface area contributed by atoms with Crippen molar-refractivity contribution in [3.05, 3.63) is 36.0 Å². The maximum atomic E-state index is 11.2. The molecule has 0 unspecified atom stereocenters. The molecule has 1 saturated carbocycles. The van der Waals surface area contributed by atoms with Crippen LogP contribution in [0.4, 0.5) is 0 Å². The van der Waals surface area contributed by atoms with E-state index in [1.807, 2.05) is 0 Å². The lowest BCUT2D eigenvalue weighted by Gasteiger charge is -2.34. The Bertz CT molecular complexity index is 816. The second kappa shape index (κ2) is 7.32. The van der Waals surface area contributed by atoms with Crippen molar-refractivity contribution >= 4 is 21.8 Å². The van der Waals surface area contributed by atoms with Gasteiger partial charge >= 0.3 is 0 Å². The highest BCUT2D eigenvalue weighted by molar-refractivity contribution is 7.98. The molecule has 0 aliphatic heterocycles. The quantitative estimate of drug-likeness (QED) is 0.652. The van der Waals surface area contributed by atoms with Gasteiger partial charge in [0.1, 0.15) is 5.75 Å². The molecule has 1 aromatic carbocycles. The van der Waals surface area contributed by atoms with Crippen molar-refractivity contribution in [3.63, 3.8) is 0 Å². The number of ether oxygens (including phenoxy) is 1. The number of sulfonamides is 1. The van der Waals surface area contributed by atoms with E-state index in [-0.39, 0.29) is 4.90 Å². The SMILES string of the molecule is NC1(c2noc(CSCCOc3ccc(S(N)(=O)=O)cc3)n2)CCC1. The number of hydrogen-bond acceptors (Lipinski definition) is 8. The molecule has 0 spiro atoms. The van der Waals surface area contributed by atoms with Crippen molar-refractivity contribution in [2.24, 2.45) is 10.9 Å². The molecule has 2 aromatic rings. The fourth-order valence-corrected chi connectivity index (χ4v) is 3.55. The third-order valence-electron chi connectivity index (χ3n) is 4.03. The van der Waals surface area contributed by atoms with Crippen LogP contribution in [-0.2, 0) is 21.3 Å². The molecule has 3 rings (SSSR count). The third kappa shape index (κ3) is 4.51. The summed E-state index contributed by atoms with van der Waals surface area (Å²) in [5.74, 6) is 3.07. The number of primary sulfonamides is 1. The molecule has 0 bridgehead atoms. The lowest BCUT2D eigenvalue weighted by molar-refractivity contribution is 0.229. The molecule has 10 heteroatoms. The van der Waals surface area contributed by atoms with E-state index in [1.54, 1.807) is 23.9 Å². The van der Waals surface area contributed by atoms with E-state index in [9.17, 15) is 8.42 Å². The van der Waals surface area contributed by atoms with Gasteiger partial charge in [-0.1, -0.05) is 5.16 Å². The third-order valence-corrected chi connectivity index (χ3v) is 5.87. The average molecular weight is 384 g/mol. The molecule has 1 aliphatic rings. The Hall–Kier alpha value is -1.62. The standard InChI is InChI=1S/C15H20N4O4S2/c16-15(6-1-7-15)14-18-13(23-19-14)10-24-9-8-22-11-2-4-12(5-3-11)25(17,20)21/h2-5H,1,6-10,16H2,(H2,17,20,21). The Morgan fingerprint density at radius 1 is 1.28 bits per heavy atom. The molecule has 0 radical (unpaired) electrons. The van der Waals surface area contributed by atoms with Crippen LogP contribution in [0, 0.1) is 0 Å². The monoisotopic (exact) mass is 384 g/mol. The molecule has 136 valence electrons. The number of nitrogens with two attached hydrogens (primary N) is 2. The fraction of sp³-hybridized carbons (Fsp3) is 0.467. The minimum absolute atomic E-state index is 0.0607. The first kappa shape index (κ1) is 18.2. The van der Waals surface area contributed by atoms with E-state index in [4.69, 9.17) is 20.1 Å². The van der Waals surface area contributed by atoms with Crippen molar-refractivity contribution in [1.82, 2.24) is 10.1 Å². The van der Waals surface area contributed by atoms with Crippen LogP contribution in [0.3, 0.4) is 0 Å². The van der Waals surface area contributed by atoms with E-state index < -0.39 is 15.6 Å². The fourth-order valence-electron chi connectivity index (χ4n) is 2.40. The highest BCUT2D eigenvalue weighted by Gasteiger charge is 2.38. The summed E-state index contributed by atoms with van der Waals surface area (Å²) in [6, 6.07) is 5.99. The first-order valence-corrected chi connectivity index (χ1v) is 10.5. The van der Waals surface area contributed by atoms with E-state index in [1.165, 1.54) is 12.1 Å². The lowest BCUT2D eigenvalue weighted by atomic mass is 9.77. The molecule has 4 N–H and O–H groups in total. The van der Waals surface area contributed by atoms with Crippen LogP contribution < -0.4 is 15.6 Å². The smallest absolute Gasteiger partial charge is 0.238 e. The van der Waals surface area contributed by atoms with Crippen molar-refractivity contribution in [1.29, 1.82) is 0 Å². The van der Waals surface area contributed by atoms with Crippen LogP contribution in [0.25, 0.3) is 0 Å². The summed E-state index contributed by atoms with van der Waals surface area (Å²) in [6.45, 7) is 0.473. The van der Waals surface area contributed by atoms with Crippen LogP contribution >= 0.6 is 11.8 Å². The van der Waals surface area contributed by atoms with E-state index in [0.717, 1.165) is 25.0 Å². The first-order chi connectivity index (χ1) is 11.9. The summed E-state index contributed by atoms with van der Waals surface area (Å²) in [4.78, 5) is 4.42. The number of nitrogens with zero attached hydrogens (tertiary/aromatic N) is 2. The molecular formula is C15H20N4O4S2. The topological polar surface area (TPSA) is 134 Å². The van der Waals surface area contributed by atoms with Crippen molar-refractivity contribution in [3.8, 4) is 5.75 Å². The highest BCUT2D eigenvalue weighted by atomic mass is 32.2. The van der Waals surface area contributed by atoms with Gasteiger partial charge in [0, 0.05) is 5.75 Å². The molecular weight excluding hydrogens is 364 g/mol. The predicted molar refractivity (Wildman–Crippen MR) is 93.5 cm³/mol. The summed E-state index contributed by atoms with van der Waals surface area (Å²) in [5.41, 5.74) is 5.75. The largest absolute Gasteiger partial charge is 0.493 e. The van der Waals surface area contributed by atoms with Gasteiger partial charge in [-0.25, -0.2) is 13.6 Å². The molecule has 25 heavy (non-hydrogen) atoms. The van der Waals surface area contributed by atoms with Crippen molar-refractivity contribution in [2.45, 2.75) is 35.4 Å². The molecule has 1 aliphatic carbocycles. The minimum Gasteiger partial charge on any atom is -0.493 e. The Morgan fingerprint density at radius 2 is 2.00 bits per heavy atom. The van der Waals surface area contributed by atoms with Crippen LogP contribution in [0.5, 0.6) is 5.75 Å². The number of rotatable bonds is 8. The second-order valence-corrected chi connectivity index (χ2v) is 8.61. The summed E-state index contributed by atoms with van der Waals surface area (Å²) in [5, 5.41) is 9.01. The Kier molecular flexibility index (Phi) is 5.32. The van der Waals surface area contributed by atoms with E-state index >= 15 is 0 Å². The van der Waals surface area contributed by atoms with Crippen LogP contribution in [0.1, 0.15) is 31.0 Å². The van der Waals surface area contributed by atoms with Gasteiger partial charge in [-0.15, -0.1) is 11.8 Å². The van der Waals surface area contributed by atoms with Crippen LogP contribution in [0.2, 0.25) is 0 Å². The molecule has 1 fully saturated rings. The molecule has 0 amide bonds. The minimum atomic E-state index is -3.68. The van der Waals surface area contributed by atoms with E-state index in [2.05, 4.69) is 10.1 Å². The zero-order valence-corrected chi connectivity index (χ0v) is 15.2. The van der Waals surface area contributed by atoms with Gasteiger partial charge in [0.25, 0.3) is 0 Å². The predicted octanol–water partition coefficient (Wildman–Crippen LogP) is 1.37. The van der Waals surface area contributed by atoms with Gasteiger partial charge in [0.05, 0.1) is 22.8 Å². The van der Waals surface area contributed by atoms with E-state index in [0.29, 0.717) is 29.8 Å². The van der Waals surface area contributed by atoms with Gasteiger partial charge < -0.3 is 15.0 Å². The summed E-state index contributed by atoms with van der Waals surface area (Å²) >= 11 is 1.60. The highest BCUT2D eigenvalue weighted by Crippen LogP contribution is 2.37. The number of aromatic nitrogens is 2. The van der Waals surface area contributed by atoms with Crippen molar-refractivity contribution in [2.75, 3.05) is 12.4 Å².